The molecule has 1 aromatic heterocycles. The van der Waals surface area contributed by atoms with Crippen molar-refractivity contribution < 1.29 is 4.39 Å². The van der Waals surface area contributed by atoms with Crippen molar-refractivity contribution in [2.45, 2.75) is 6.54 Å². The van der Waals surface area contributed by atoms with Crippen molar-refractivity contribution in [3.63, 3.8) is 0 Å². The molecule has 0 aliphatic heterocycles. The lowest BCUT2D eigenvalue weighted by molar-refractivity contribution is 0.627. The van der Waals surface area contributed by atoms with Gasteiger partial charge in [-0.3, -0.25) is 4.98 Å². The lowest BCUT2D eigenvalue weighted by Crippen LogP contribution is -2.13. The van der Waals surface area contributed by atoms with Gasteiger partial charge < -0.3 is 11.1 Å². The number of aromatic nitrogens is 1. The smallest absolute Gasteiger partial charge is 0.124 e. The van der Waals surface area contributed by atoms with E-state index in [1.54, 1.807) is 12.3 Å². The fraction of sp³-hybridized carbons (Fsp3) is 0.0769. The number of hydrogen-bond acceptors (Lipinski definition) is 3. The molecule has 0 radical (unpaired) electrons. The molecule has 3 N–H and O–H groups in total. The van der Waals surface area contributed by atoms with Crippen molar-refractivity contribution in [1.82, 2.24) is 4.98 Å². The largest absolute Gasteiger partial charge is 0.389 e. The third-order valence-electron chi connectivity index (χ3n) is 2.43. The minimum atomic E-state index is -0.360. The summed E-state index contributed by atoms with van der Waals surface area (Å²) >= 11 is 4.90. The number of rotatable bonds is 4. The maximum atomic E-state index is 13.1. The molecular formula is C13H12FN3S. The van der Waals surface area contributed by atoms with Gasteiger partial charge in [0.1, 0.15) is 10.8 Å². The van der Waals surface area contributed by atoms with Gasteiger partial charge in [0.05, 0.1) is 12.2 Å². The van der Waals surface area contributed by atoms with E-state index in [4.69, 9.17) is 18.0 Å². The number of benzene rings is 1. The molecule has 1 heterocycles. The summed E-state index contributed by atoms with van der Waals surface area (Å²) < 4.78 is 13.1. The number of nitrogens with two attached hydrogens (primary N) is 1. The summed E-state index contributed by atoms with van der Waals surface area (Å²) in [6, 6.07) is 9.96. The normalized spacial score (nSPS) is 10.1. The first kappa shape index (κ1) is 12.4. The third-order valence-corrected chi connectivity index (χ3v) is 2.65. The average Bonchev–Trinajstić information content (AvgIpc) is 2.38. The van der Waals surface area contributed by atoms with Crippen LogP contribution in [0.5, 0.6) is 0 Å². The van der Waals surface area contributed by atoms with Crippen LogP contribution >= 0.6 is 12.2 Å². The number of thiocarbonyl (C=S) groups is 1. The lowest BCUT2D eigenvalue weighted by Gasteiger charge is -2.10. The van der Waals surface area contributed by atoms with Crippen LogP contribution in [0.1, 0.15) is 11.3 Å². The summed E-state index contributed by atoms with van der Waals surface area (Å²) in [6.07, 6.45) is 1.72. The van der Waals surface area contributed by atoms with Gasteiger partial charge in [0.2, 0.25) is 0 Å². The molecule has 0 saturated carbocycles. The topological polar surface area (TPSA) is 50.9 Å². The van der Waals surface area contributed by atoms with E-state index in [2.05, 4.69) is 10.3 Å². The fourth-order valence-electron chi connectivity index (χ4n) is 1.56. The first-order chi connectivity index (χ1) is 8.66. The molecule has 0 unspecified atom stereocenters. The minimum Gasteiger partial charge on any atom is -0.389 e. The van der Waals surface area contributed by atoms with E-state index in [9.17, 15) is 4.39 Å². The molecule has 0 amide bonds. The zero-order valence-electron chi connectivity index (χ0n) is 9.56. The molecule has 18 heavy (non-hydrogen) atoms. The second-order valence-electron chi connectivity index (χ2n) is 3.73. The summed E-state index contributed by atoms with van der Waals surface area (Å²) in [5.74, 6) is -0.360. The van der Waals surface area contributed by atoms with Crippen molar-refractivity contribution in [3.8, 4) is 0 Å². The van der Waals surface area contributed by atoms with Gasteiger partial charge in [-0.25, -0.2) is 4.39 Å². The Morgan fingerprint density at radius 2 is 2.17 bits per heavy atom. The number of anilines is 1. The Kier molecular flexibility index (Phi) is 3.84. The summed E-state index contributed by atoms with van der Waals surface area (Å²) in [4.78, 5) is 4.35. The van der Waals surface area contributed by atoms with Crippen molar-refractivity contribution in [2.75, 3.05) is 5.32 Å². The van der Waals surface area contributed by atoms with Crippen molar-refractivity contribution >= 4 is 22.9 Å². The summed E-state index contributed by atoms with van der Waals surface area (Å²) in [5.41, 5.74) is 7.65. The molecule has 0 spiro atoms. The summed E-state index contributed by atoms with van der Waals surface area (Å²) in [5, 5.41) is 3.14. The van der Waals surface area contributed by atoms with Crippen LogP contribution in [0.3, 0.4) is 0 Å². The summed E-state index contributed by atoms with van der Waals surface area (Å²) in [7, 11) is 0. The standard InChI is InChI=1S/C13H12FN3S/c14-9-4-5-12(11(7-9)13(15)18)17-8-10-3-1-2-6-16-10/h1-7,17H,8H2,(H2,15,18). The highest BCUT2D eigenvalue weighted by atomic mass is 32.1. The van der Waals surface area contributed by atoms with Crippen LogP contribution in [0.15, 0.2) is 42.6 Å². The van der Waals surface area contributed by atoms with Crippen LogP contribution in [0, 0.1) is 5.82 Å². The Morgan fingerprint density at radius 1 is 1.33 bits per heavy atom. The maximum Gasteiger partial charge on any atom is 0.124 e. The highest BCUT2D eigenvalue weighted by molar-refractivity contribution is 7.80. The maximum absolute atomic E-state index is 13.1. The molecule has 2 aromatic rings. The molecule has 0 saturated heterocycles. The van der Waals surface area contributed by atoms with E-state index in [1.807, 2.05) is 18.2 Å². The molecule has 1 aromatic carbocycles. The molecular weight excluding hydrogens is 249 g/mol. The van der Waals surface area contributed by atoms with Crippen LogP contribution in [0.25, 0.3) is 0 Å². The zero-order chi connectivity index (χ0) is 13.0. The molecule has 0 aliphatic rings. The van der Waals surface area contributed by atoms with Crippen LogP contribution in [-0.4, -0.2) is 9.97 Å². The Balaban J connectivity index is 2.17. The first-order valence-electron chi connectivity index (χ1n) is 5.40. The zero-order valence-corrected chi connectivity index (χ0v) is 10.4. The predicted octanol–water partition coefficient (Wildman–Crippen LogP) is 2.47. The number of hydrogen-bond donors (Lipinski definition) is 2. The Bertz CT molecular complexity index is 557. The molecule has 5 heteroatoms. The molecule has 0 fully saturated rings. The number of pyridine rings is 1. The summed E-state index contributed by atoms with van der Waals surface area (Å²) in [6.45, 7) is 0.530. The Morgan fingerprint density at radius 3 is 2.83 bits per heavy atom. The second-order valence-corrected chi connectivity index (χ2v) is 4.17. The highest BCUT2D eigenvalue weighted by Crippen LogP contribution is 2.17. The van der Waals surface area contributed by atoms with Crippen molar-refractivity contribution in [1.29, 1.82) is 0 Å². The van der Waals surface area contributed by atoms with Crippen molar-refractivity contribution in [2.24, 2.45) is 5.73 Å². The average molecular weight is 261 g/mol. The van der Waals surface area contributed by atoms with Gasteiger partial charge in [0, 0.05) is 17.4 Å². The van der Waals surface area contributed by atoms with Gasteiger partial charge in [-0.05, 0) is 30.3 Å². The van der Waals surface area contributed by atoms with Crippen LogP contribution in [-0.2, 0) is 6.54 Å². The second kappa shape index (κ2) is 5.55. The van der Waals surface area contributed by atoms with Gasteiger partial charge in [-0.15, -0.1) is 0 Å². The molecule has 92 valence electrons. The van der Waals surface area contributed by atoms with Crippen LogP contribution < -0.4 is 11.1 Å². The SMILES string of the molecule is NC(=S)c1cc(F)ccc1NCc1ccccn1. The van der Waals surface area contributed by atoms with Gasteiger partial charge in [-0.1, -0.05) is 18.3 Å². The fourth-order valence-corrected chi connectivity index (χ4v) is 1.73. The molecule has 2 rings (SSSR count). The van der Waals surface area contributed by atoms with E-state index in [-0.39, 0.29) is 10.8 Å². The molecule has 0 atom stereocenters. The highest BCUT2D eigenvalue weighted by Gasteiger charge is 2.06. The molecule has 0 bridgehead atoms. The van der Waals surface area contributed by atoms with E-state index < -0.39 is 0 Å². The molecule has 3 nitrogen and oxygen atoms in total. The third kappa shape index (κ3) is 3.01. The van der Waals surface area contributed by atoms with E-state index >= 15 is 0 Å². The van der Waals surface area contributed by atoms with Crippen LogP contribution in [0.4, 0.5) is 10.1 Å². The number of nitrogens with zero attached hydrogens (tertiary/aromatic N) is 1. The van der Waals surface area contributed by atoms with Gasteiger partial charge in [-0.2, -0.15) is 0 Å². The number of nitrogens with one attached hydrogen (secondary N) is 1. The number of halogens is 1. The van der Waals surface area contributed by atoms with E-state index in [0.717, 1.165) is 5.69 Å². The lowest BCUT2D eigenvalue weighted by atomic mass is 10.1. The Hall–Kier alpha value is -2.01. The van der Waals surface area contributed by atoms with E-state index in [0.29, 0.717) is 17.8 Å². The van der Waals surface area contributed by atoms with Gasteiger partial charge in [0.25, 0.3) is 0 Å². The van der Waals surface area contributed by atoms with Crippen LogP contribution in [0.2, 0.25) is 0 Å². The first-order valence-corrected chi connectivity index (χ1v) is 5.81. The van der Waals surface area contributed by atoms with Crippen molar-refractivity contribution in [3.05, 3.63) is 59.7 Å². The van der Waals surface area contributed by atoms with E-state index in [1.165, 1.54) is 12.1 Å². The monoisotopic (exact) mass is 261 g/mol. The minimum absolute atomic E-state index is 0.165. The quantitative estimate of drug-likeness (QED) is 0.830. The Labute approximate surface area is 110 Å². The van der Waals surface area contributed by atoms with Gasteiger partial charge in [0.15, 0.2) is 0 Å². The van der Waals surface area contributed by atoms with Gasteiger partial charge >= 0.3 is 0 Å². The molecule has 0 aliphatic carbocycles. The predicted molar refractivity (Wildman–Crippen MR) is 73.9 cm³/mol.